The number of carbonyl (C=O) groups is 2. The zero-order chi connectivity index (χ0) is 29.2. The molecule has 0 radical (unpaired) electrons. The van der Waals surface area contributed by atoms with Gasteiger partial charge in [-0.15, -0.1) is 0 Å². The van der Waals surface area contributed by atoms with Crippen LogP contribution < -0.4 is 11.1 Å². The van der Waals surface area contributed by atoms with Crippen molar-refractivity contribution in [3.8, 4) is 0 Å². The maximum atomic E-state index is 13.4. The minimum absolute atomic E-state index is 0.0615. The number of aromatic nitrogens is 4. The van der Waals surface area contributed by atoms with Gasteiger partial charge in [-0.3, -0.25) is 14.6 Å². The molecule has 0 aliphatic carbocycles. The second kappa shape index (κ2) is 11.5. The van der Waals surface area contributed by atoms with Crippen LogP contribution in [0.25, 0.3) is 10.9 Å². The minimum Gasteiger partial charge on any atom is -0.383 e. The molecule has 3 aromatic heterocycles. The fourth-order valence-electron chi connectivity index (χ4n) is 4.67. The fraction of sp³-hybridized carbons (Fsp3) is 0.500. The van der Waals surface area contributed by atoms with E-state index in [9.17, 15) is 22.8 Å². The third-order valence-corrected chi connectivity index (χ3v) is 8.61. The number of rotatable bonds is 7. The highest BCUT2D eigenvalue weighted by atomic mass is 28.3. The molecule has 0 bridgehead atoms. The molecule has 10 nitrogen and oxygen atoms in total. The smallest absolute Gasteiger partial charge is 0.383 e. The molecule has 0 unspecified atom stereocenters. The summed E-state index contributed by atoms with van der Waals surface area (Å²) in [6.07, 6.45) is 1.42. The number of fused-ring (bicyclic) bond motifs is 1. The first kappa shape index (κ1) is 29.5. The van der Waals surface area contributed by atoms with Crippen LogP contribution in [0.3, 0.4) is 0 Å². The number of ether oxygens (including phenoxy) is 1. The summed E-state index contributed by atoms with van der Waals surface area (Å²) in [5, 5.41) is 7.42. The molecule has 1 aliphatic heterocycles. The van der Waals surface area contributed by atoms with Crippen molar-refractivity contribution >= 4 is 42.3 Å². The van der Waals surface area contributed by atoms with Crippen LogP contribution in [0.15, 0.2) is 30.9 Å². The number of piperidine rings is 1. The lowest BCUT2D eigenvalue weighted by Gasteiger charge is -2.38. The summed E-state index contributed by atoms with van der Waals surface area (Å²) in [4.78, 5) is 35.8. The van der Waals surface area contributed by atoms with Crippen molar-refractivity contribution in [2.75, 3.05) is 24.2 Å². The van der Waals surface area contributed by atoms with Gasteiger partial charge in [0.15, 0.2) is 0 Å². The molecule has 2 atom stereocenters. The first-order chi connectivity index (χ1) is 18.7. The summed E-state index contributed by atoms with van der Waals surface area (Å²) in [7, 11) is -1.30. The number of nitrogens with two attached hydrogens (primary N) is 1. The van der Waals surface area contributed by atoms with Gasteiger partial charge in [-0.25, -0.2) is 9.67 Å². The molecule has 0 aromatic carbocycles. The molecule has 1 aliphatic rings. The number of halogens is 3. The Labute approximate surface area is 231 Å². The number of nitrogens with one attached hydrogen (secondary N) is 1. The van der Waals surface area contributed by atoms with Gasteiger partial charge in [0.2, 0.25) is 0 Å². The average Bonchev–Trinajstić information content (AvgIpc) is 3.32. The first-order valence-corrected chi connectivity index (χ1v) is 16.8. The molecule has 4 heterocycles. The predicted octanol–water partition coefficient (Wildman–Crippen LogP) is 4.68. The Morgan fingerprint density at radius 1 is 1.18 bits per heavy atom. The summed E-state index contributed by atoms with van der Waals surface area (Å²) < 4.78 is 47.3. The summed E-state index contributed by atoms with van der Waals surface area (Å²) in [5.41, 5.74) is 6.02. The maximum Gasteiger partial charge on any atom is 0.417 e. The standard InChI is InChI=1S/C26H34F3N7O3Si/c1-16-5-6-21(17-9-18(11-31-10-17)26(27,28)29)35(14-16)25(38)24(37)34-20-13-32-23(30)19-12-33-36(22(19)20)15-39-7-8-40(2,3)4/h9-13,16,21H,5-8,14-15H2,1-4H3,(H2,30,32)(H,34,37)/t16-,21+/m0/s1. The normalized spacial score (nSPS) is 18.2. The lowest BCUT2D eigenvalue weighted by Crippen LogP contribution is -2.46. The third kappa shape index (κ3) is 6.78. The van der Waals surface area contributed by atoms with Gasteiger partial charge in [0.1, 0.15) is 12.5 Å². The van der Waals surface area contributed by atoms with Gasteiger partial charge in [-0.2, -0.15) is 18.3 Å². The van der Waals surface area contributed by atoms with E-state index in [1.807, 2.05) is 6.92 Å². The molecule has 1 saturated heterocycles. The highest BCUT2D eigenvalue weighted by Gasteiger charge is 2.37. The molecule has 14 heteroatoms. The number of nitrogen functional groups attached to an aromatic ring is 1. The van der Waals surface area contributed by atoms with E-state index in [1.165, 1.54) is 28.2 Å². The highest BCUT2D eigenvalue weighted by molar-refractivity contribution is 6.76. The van der Waals surface area contributed by atoms with Gasteiger partial charge in [0.25, 0.3) is 0 Å². The van der Waals surface area contributed by atoms with Crippen LogP contribution in [0.2, 0.25) is 25.7 Å². The van der Waals surface area contributed by atoms with Crippen molar-refractivity contribution in [1.29, 1.82) is 0 Å². The number of hydrogen-bond acceptors (Lipinski definition) is 7. The van der Waals surface area contributed by atoms with E-state index in [1.54, 1.807) is 0 Å². The van der Waals surface area contributed by atoms with Gasteiger partial charge in [0, 0.05) is 33.6 Å². The van der Waals surface area contributed by atoms with Crippen LogP contribution in [0.4, 0.5) is 24.7 Å². The Hall–Kier alpha value is -3.52. The molecule has 3 N–H and O–H groups in total. The van der Waals surface area contributed by atoms with Crippen LogP contribution in [-0.4, -0.2) is 57.7 Å². The molecule has 0 spiro atoms. The van der Waals surface area contributed by atoms with Crippen molar-refractivity contribution in [3.05, 3.63) is 42.0 Å². The second-order valence-corrected chi connectivity index (χ2v) is 17.0. The summed E-state index contributed by atoms with van der Waals surface area (Å²) in [5.74, 6) is -1.54. The Morgan fingerprint density at radius 2 is 1.93 bits per heavy atom. The summed E-state index contributed by atoms with van der Waals surface area (Å²) in [6.45, 7) is 9.53. The topological polar surface area (TPSA) is 128 Å². The molecular formula is C26H34F3N7O3Si. The molecular weight excluding hydrogens is 543 g/mol. The Bertz CT molecular complexity index is 1390. The van der Waals surface area contributed by atoms with Gasteiger partial charge < -0.3 is 20.7 Å². The maximum absolute atomic E-state index is 13.4. The van der Waals surface area contributed by atoms with Crippen molar-refractivity contribution < 1.29 is 27.5 Å². The molecule has 4 rings (SSSR count). The monoisotopic (exact) mass is 577 g/mol. The number of carbonyl (C=O) groups excluding carboxylic acids is 2. The lowest BCUT2D eigenvalue weighted by atomic mass is 9.90. The molecule has 2 amide bonds. The summed E-state index contributed by atoms with van der Waals surface area (Å²) in [6, 6.07) is 1.23. The predicted molar refractivity (Wildman–Crippen MR) is 147 cm³/mol. The van der Waals surface area contributed by atoms with Crippen molar-refractivity contribution in [1.82, 2.24) is 24.6 Å². The molecule has 40 heavy (non-hydrogen) atoms. The van der Waals surface area contributed by atoms with Gasteiger partial charge in [-0.05, 0) is 36.4 Å². The third-order valence-electron chi connectivity index (χ3n) is 6.91. The fourth-order valence-corrected chi connectivity index (χ4v) is 5.42. The zero-order valence-electron chi connectivity index (χ0n) is 23.0. The van der Waals surface area contributed by atoms with E-state index in [-0.39, 0.29) is 36.3 Å². The largest absolute Gasteiger partial charge is 0.417 e. The number of alkyl halides is 3. The Balaban J connectivity index is 1.56. The number of likely N-dealkylation sites (tertiary alicyclic amines) is 1. The lowest BCUT2D eigenvalue weighted by molar-refractivity contribution is -0.146. The van der Waals surface area contributed by atoms with Gasteiger partial charge >= 0.3 is 18.0 Å². The van der Waals surface area contributed by atoms with E-state index < -0.39 is 37.7 Å². The quantitative estimate of drug-likeness (QED) is 0.237. The Kier molecular flexibility index (Phi) is 8.49. The molecule has 3 aromatic rings. The SMILES string of the molecule is C[C@H]1CC[C@H](c2cncc(C(F)(F)F)c2)N(C(=O)C(=O)Nc2cnc(N)c3cnn(COCC[Si](C)(C)C)c23)C1. The molecule has 216 valence electrons. The zero-order valence-corrected chi connectivity index (χ0v) is 24.0. The van der Waals surface area contributed by atoms with E-state index in [0.29, 0.717) is 30.4 Å². The number of nitrogens with zero attached hydrogens (tertiary/aromatic N) is 5. The van der Waals surface area contributed by atoms with Crippen LogP contribution in [0.1, 0.15) is 36.9 Å². The number of hydrogen-bond donors (Lipinski definition) is 2. The molecule has 1 fully saturated rings. The van der Waals surface area contributed by atoms with Crippen molar-refractivity contribution in [3.63, 3.8) is 0 Å². The van der Waals surface area contributed by atoms with Crippen molar-refractivity contribution in [2.45, 2.75) is 64.4 Å². The van der Waals surface area contributed by atoms with Gasteiger partial charge in [-0.1, -0.05) is 26.6 Å². The van der Waals surface area contributed by atoms with Crippen LogP contribution in [0, 0.1) is 5.92 Å². The minimum atomic E-state index is -4.58. The van der Waals surface area contributed by atoms with Gasteiger partial charge in [0.05, 0.1) is 40.6 Å². The van der Waals surface area contributed by atoms with Crippen molar-refractivity contribution in [2.24, 2.45) is 5.92 Å². The van der Waals surface area contributed by atoms with E-state index in [2.05, 4.69) is 40.0 Å². The average molecular weight is 578 g/mol. The second-order valence-electron chi connectivity index (χ2n) is 11.4. The first-order valence-electron chi connectivity index (χ1n) is 13.1. The van der Waals surface area contributed by atoms with Crippen LogP contribution in [0.5, 0.6) is 0 Å². The van der Waals surface area contributed by atoms with E-state index >= 15 is 0 Å². The number of anilines is 2. The van der Waals surface area contributed by atoms with Crippen LogP contribution in [-0.2, 0) is 27.2 Å². The Morgan fingerprint density at radius 3 is 2.62 bits per heavy atom. The van der Waals surface area contributed by atoms with E-state index in [0.717, 1.165) is 18.3 Å². The van der Waals surface area contributed by atoms with E-state index in [4.69, 9.17) is 10.5 Å². The number of pyridine rings is 2. The number of amides is 2. The van der Waals surface area contributed by atoms with Crippen LogP contribution >= 0.6 is 0 Å². The highest BCUT2D eigenvalue weighted by Crippen LogP contribution is 2.36. The summed E-state index contributed by atoms with van der Waals surface area (Å²) >= 11 is 0. The molecule has 0 saturated carbocycles.